The molecule has 0 atom stereocenters. The Morgan fingerprint density at radius 1 is 1.00 bits per heavy atom. The van der Waals surface area contributed by atoms with Crippen LogP contribution in [0.2, 0.25) is 0 Å². The minimum Gasteiger partial charge on any atom is -0.497 e. The lowest BCUT2D eigenvalue weighted by molar-refractivity contribution is 0.415. The summed E-state index contributed by atoms with van der Waals surface area (Å²) in [7, 11) is 1.64. The Morgan fingerprint density at radius 2 is 1.88 bits per heavy atom. The van der Waals surface area contributed by atoms with Crippen molar-refractivity contribution in [3.8, 4) is 16.3 Å². The molecular formula is C18H14N4OS. The van der Waals surface area contributed by atoms with Crippen molar-refractivity contribution >= 4 is 28.5 Å². The number of hydrogen-bond acceptors (Lipinski definition) is 5. The quantitative estimate of drug-likeness (QED) is 0.464. The van der Waals surface area contributed by atoms with Crippen LogP contribution in [0.3, 0.4) is 0 Å². The summed E-state index contributed by atoms with van der Waals surface area (Å²) in [6.07, 6.45) is 1.95. The lowest BCUT2D eigenvalue weighted by Gasteiger charge is -1.99. The highest BCUT2D eigenvalue weighted by Gasteiger charge is 2.14. The number of hydrogen-bond donors (Lipinski definition) is 0. The molecule has 0 aliphatic rings. The van der Waals surface area contributed by atoms with E-state index in [-0.39, 0.29) is 0 Å². The van der Waals surface area contributed by atoms with E-state index >= 15 is 0 Å². The van der Waals surface area contributed by atoms with Crippen LogP contribution in [0.4, 0.5) is 11.5 Å². The third-order valence-corrected chi connectivity index (χ3v) is 4.47. The van der Waals surface area contributed by atoms with Crippen molar-refractivity contribution in [2.24, 2.45) is 10.2 Å². The molecule has 24 heavy (non-hydrogen) atoms. The van der Waals surface area contributed by atoms with Crippen LogP contribution < -0.4 is 4.74 Å². The number of methoxy groups -OCH3 is 1. The Kier molecular flexibility index (Phi) is 3.80. The van der Waals surface area contributed by atoms with Gasteiger partial charge in [0.1, 0.15) is 17.1 Å². The molecule has 0 amide bonds. The van der Waals surface area contributed by atoms with Crippen LogP contribution in [-0.4, -0.2) is 16.5 Å². The van der Waals surface area contributed by atoms with E-state index in [1.54, 1.807) is 18.4 Å². The van der Waals surface area contributed by atoms with Crippen molar-refractivity contribution in [1.82, 2.24) is 9.38 Å². The summed E-state index contributed by atoms with van der Waals surface area (Å²) in [5.41, 5.74) is 2.46. The minimum atomic E-state index is 0.726. The predicted molar refractivity (Wildman–Crippen MR) is 95.7 cm³/mol. The third-order valence-electron chi connectivity index (χ3n) is 3.59. The molecule has 0 bridgehead atoms. The molecule has 3 heterocycles. The van der Waals surface area contributed by atoms with Gasteiger partial charge in [-0.2, -0.15) is 0 Å². The zero-order valence-electron chi connectivity index (χ0n) is 13.0. The molecule has 3 aromatic heterocycles. The first-order chi connectivity index (χ1) is 11.8. The van der Waals surface area contributed by atoms with Crippen LogP contribution in [0.1, 0.15) is 0 Å². The number of imidazole rings is 1. The molecule has 0 saturated carbocycles. The van der Waals surface area contributed by atoms with E-state index in [4.69, 9.17) is 9.72 Å². The van der Waals surface area contributed by atoms with Crippen molar-refractivity contribution in [3.63, 3.8) is 0 Å². The molecule has 0 saturated heterocycles. The molecule has 0 spiro atoms. The van der Waals surface area contributed by atoms with E-state index in [1.807, 2.05) is 70.6 Å². The van der Waals surface area contributed by atoms with Crippen molar-refractivity contribution in [1.29, 1.82) is 0 Å². The maximum Gasteiger partial charge on any atom is 0.188 e. The molecule has 6 heteroatoms. The van der Waals surface area contributed by atoms with E-state index in [0.717, 1.165) is 33.5 Å². The third kappa shape index (κ3) is 2.68. The molecule has 4 rings (SSSR count). The van der Waals surface area contributed by atoms with Gasteiger partial charge in [-0.05, 0) is 47.8 Å². The van der Waals surface area contributed by atoms with E-state index < -0.39 is 0 Å². The molecule has 4 aromatic rings. The van der Waals surface area contributed by atoms with Gasteiger partial charge >= 0.3 is 0 Å². The van der Waals surface area contributed by atoms with Crippen LogP contribution in [0.15, 0.2) is 76.4 Å². The molecule has 5 nitrogen and oxygen atoms in total. The van der Waals surface area contributed by atoms with Gasteiger partial charge in [-0.1, -0.05) is 12.1 Å². The number of thiophene rings is 1. The summed E-state index contributed by atoms with van der Waals surface area (Å²) in [5, 5.41) is 10.9. The number of rotatable bonds is 4. The predicted octanol–water partition coefficient (Wildman–Crippen LogP) is 5.49. The Labute approximate surface area is 142 Å². The second-order valence-electron chi connectivity index (χ2n) is 5.09. The number of fused-ring (bicyclic) bond motifs is 1. The van der Waals surface area contributed by atoms with Gasteiger partial charge < -0.3 is 4.74 Å². The number of azo groups is 1. The van der Waals surface area contributed by atoms with Crippen LogP contribution in [-0.2, 0) is 0 Å². The van der Waals surface area contributed by atoms with Gasteiger partial charge in [0, 0.05) is 6.20 Å². The second kappa shape index (κ2) is 6.25. The number of pyridine rings is 1. The van der Waals surface area contributed by atoms with Gasteiger partial charge in [-0.25, -0.2) is 4.98 Å². The molecule has 0 radical (unpaired) electrons. The number of benzene rings is 1. The highest BCUT2D eigenvalue weighted by molar-refractivity contribution is 7.13. The van der Waals surface area contributed by atoms with Gasteiger partial charge in [0.2, 0.25) is 0 Å². The normalized spacial score (nSPS) is 11.4. The van der Waals surface area contributed by atoms with E-state index in [2.05, 4.69) is 10.2 Å². The number of ether oxygens (including phenoxy) is 1. The van der Waals surface area contributed by atoms with Crippen molar-refractivity contribution in [2.75, 3.05) is 7.11 Å². The van der Waals surface area contributed by atoms with Crippen LogP contribution in [0.5, 0.6) is 5.75 Å². The largest absolute Gasteiger partial charge is 0.497 e. The molecule has 1 aromatic carbocycles. The lowest BCUT2D eigenvalue weighted by Crippen LogP contribution is -1.81. The topological polar surface area (TPSA) is 51.2 Å². The monoisotopic (exact) mass is 334 g/mol. The van der Waals surface area contributed by atoms with Crippen molar-refractivity contribution in [2.45, 2.75) is 0 Å². The maximum atomic E-state index is 5.16. The molecular weight excluding hydrogens is 320 g/mol. The lowest BCUT2D eigenvalue weighted by atomic mass is 10.3. The highest BCUT2D eigenvalue weighted by atomic mass is 32.1. The van der Waals surface area contributed by atoms with Gasteiger partial charge in [-0.3, -0.25) is 4.40 Å². The van der Waals surface area contributed by atoms with Crippen LogP contribution in [0, 0.1) is 0 Å². The minimum absolute atomic E-state index is 0.726. The Bertz CT molecular complexity index is 988. The summed E-state index contributed by atoms with van der Waals surface area (Å²) in [5.74, 6) is 1.52. The summed E-state index contributed by atoms with van der Waals surface area (Å²) < 4.78 is 7.11. The molecule has 0 aliphatic heterocycles. The number of nitrogens with zero attached hydrogens (tertiary/aromatic N) is 4. The maximum absolute atomic E-state index is 5.16. The SMILES string of the molecule is COc1ccc(N=Nc2c(-c3cccs3)nc3ccccn23)cc1. The van der Waals surface area contributed by atoms with Crippen molar-refractivity contribution in [3.05, 3.63) is 66.2 Å². The molecule has 0 N–H and O–H groups in total. The van der Waals surface area contributed by atoms with Crippen LogP contribution >= 0.6 is 11.3 Å². The first-order valence-electron chi connectivity index (χ1n) is 7.42. The smallest absolute Gasteiger partial charge is 0.188 e. The molecule has 0 fully saturated rings. The van der Waals surface area contributed by atoms with Gasteiger partial charge in [-0.15, -0.1) is 21.6 Å². The highest BCUT2D eigenvalue weighted by Crippen LogP contribution is 2.34. The zero-order chi connectivity index (χ0) is 16.4. The van der Waals surface area contributed by atoms with E-state index in [9.17, 15) is 0 Å². The van der Waals surface area contributed by atoms with E-state index in [1.165, 1.54) is 0 Å². The Morgan fingerprint density at radius 3 is 2.62 bits per heavy atom. The number of aromatic nitrogens is 2. The first kappa shape index (κ1) is 14.6. The molecule has 0 unspecified atom stereocenters. The summed E-state index contributed by atoms with van der Waals surface area (Å²) >= 11 is 1.64. The molecule has 0 aliphatic carbocycles. The first-order valence-corrected chi connectivity index (χ1v) is 8.30. The fraction of sp³-hybridized carbons (Fsp3) is 0.0556. The molecule has 118 valence electrons. The summed E-state index contributed by atoms with van der Waals surface area (Å²) in [4.78, 5) is 5.77. The Balaban J connectivity index is 1.79. The standard InChI is InChI=1S/C18H14N4OS/c1-23-14-9-7-13(8-10-14)20-21-18-17(15-5-4-12-24-15)19-16-6-2-3-11-22(16)18/h2-12H,1H3. The van der Waals surface area contributed by atoms with Gasteiger partial charge in [0.05, 0.1) is 17.7 Å². The van der Waals surface area contributed by atoms with Gasteiger partial charge in [0.25, 0.3) is 0 Å². The summed E-state index contributed by atoms with van der Waals surface area (Å²) in [6.45, 7) is 0. The Hall–Kier alpha value is -2.99. The second-order valence-corrected chi connectivity index (χ2v) is 6.04. The van der Waals surface area contributed by atoms with Gasteiger partial charge in [0.15, 0.2) is 5.82 Å². The summed E-state index contributed by atoms with van der Waals surface area (Å²) in [6, 6.07) is 17.4. The fourth-order valence-corrected chi connectivity index (χ4v) is 3.12. The van der Waals surface area contributed by atoms with Crippen molar-refractivity contribution < 1.29 is 4.74 Å². The average molecular weight is 334 g/mol. The average Bonchev–Trinajstić information content (AvgIpc) is 3.28. The van der Waals surface area contributed by atoms with E-state index in [0.29, 0.717) is 0 Å². The van der Waals surface area contributed by atoms with Crippen LogP contribution in [0.25, 0.3) is 16.2 Å². The fourth-order valence-electron chi connectivity index (χ4n) is 2.41. The zero-order valence-corrected chi connectivity index (χ0v) is 13.8.